The van der Waals surface area contributed by atoms with E-state index in [4.69, 9.17) is 5.11 Å². The largest absolute Gasteiger partial charge is 0.481 e. The molecule has 120 valence electrons. The van der Waals surface area contributed by atoms with Crippen molar-refractivity contribution in [3.8, 4) is 0 Å². The van der Waals surface area contributed by atoms with Gasteiger partial charge in [0.2, 0.25) is 5.91 Å². The van der Waals surface area contributed by atoms with Gasteiger partial charge in [0.05, 0.1) is 6.54 Å². The summed E-state index contributed by atoms with van der Waals surface area (Å²) in [6.07, 6.45) is 3.55. The second kappa shape index (κ2) is 9.33. The van der Waals surface area contributed by atoms with E-state index in [9.17, 15) is 14.4 Å². The third-order valence-corrected chi connectivity index (χ3v) is 3.63. The molecule has 0 aromatic carbocycles. The first-order valence-electron chi connectivity index (χ1n) is 7.53. The van der Waals surface area contributed by atoms with Gasteiger partial charge in [-0.25, -0.2) is 4.79 Å². The van der Waals surface area contributed by atoms with Gasteiger partial charge in [-0.2, -0.15) is 0 Å². The zero-order chi connectivity index (χ0) is 15.7. The van der Waals surface area contributed by atoms with Crippen molar-refractivity contribution >= 4 is 17.9 Å². The van der Waals surface area contributed by atoms with Gasteiger partial charge < -0.3 is 10.4 Å². The Kier molecular flexibility index (Phi) is 7.74. The zero-order valence-electron chi connectivity index (χ0n) is 12.6. The molecule has 3 N–H and O–H groups in total. The highest BCUT2D eigenvalue weighted by atomic mass is 16.4. The first-order chi connectivity index (χ1) is 10.0. The average molecular weight is 299 g/mol. The van der Waals surface area contributed by atoms with Crippen molar-refractivity contribution < 1.29 is 19.5 Å². The van der Waals surface area contributed by atoms with Gasteiger partial charge >= 0.3 is 12.0 Å². The Hall–Kier alpha value is -1.63. The molecule has 7 nitrogen and oxygen atoms in total. The van der Waals surface area contributed by atoms with E-state index in [0.29, 0.717) is 18.9 Å². The first kappa shape index (κ1) is 17.4. The van der Waals surface area contributed by atoms with Gasteiger partial charge in [0.1, 0.15) is 0 Å². The van der Waals surface area contributed by atoms with Gasteiger partial charge in [0.15, 0.2) is 0 Å². The molecule has 0 atom stereocenters. The first-order valence-corrected chi connectivity index (χ1v) is 7.53. The summed E-state index contributed by atoms with van der Waals surface area (Å²) in [5.41, 5.74) is 0. The van der Waals surface area contributed by atoms with Crippen LogP contribution in [-0.4, -0.2) is 54.1 Å². The van der Waals surface area contributed by atoms with Crippen LogP contribution >= 0.6 is 0 Å². The average Bonchev–Trinajstić information content (AvgIpc) is 2.44. The Labute approximate surface area is 125 Å². The Morgan fingerprint density at radius 3 is 2.48 bits per heavy atom. The number of aliphatic carboxylic acids is 1. The molecular weight excluding hydrogens is 274 g/mol. The van der Waals surface area contributed by atoms with Gasteiger partial charge in [-0.15, -0.1) is 0 Å². The number of imide groups is 1. The van der Waals surface area contributed by atoms with E-state index in [2.05, 4.69) is 10.6 Å². The summed E-state index contributed by atoms with van der Waals surface area (Å²) in [5, 5.41) is 13.6. The van der Waals surface area contributed by atoms with E-state index in [1.165, 1.54) is 0 Å². The number of nitrogens with one attached hydrogen (secondary N) is 2. The molecule has 21 heavy (non-hydrogen) atoms. The van der Waals surface area contributed by atoms with E-state index in [-0.39, 0.29) is 18.9 Å². The molecule has 1 fully saturated rings. The van der Waals surface area contributed by atoms with Crippen molar-refractivity contribution in [1.82, 2.24) is 15.5 Å². The molecule has 1 aliphatic rings. The molecule has 3 amide bonds. The molecule has 0 unspecified atom stereocenters. The predicted molar refractivity (Wildman–Crippen MR) is 77.9 cm³/mol. The highest BCUT2D eigenvalue weighted by molar-refractivity contribution is 5.95. The van der Waals surface area contributed by atoms with Crippen LogP contribution in [0.1, 0.15) is 39.0 Å². The van der Waals surface area contributed by atoms with E-state index in [1.807, 2.05) is 11.8 Å². The van der Waals surface area contributed by atoms with Crippen LogP contribution in [0.25, 0.3) is 0 Å². The molecule has 1 heterocycles. The van der Waals surface area contributed by atoms with Gasteiger partial charge in [0, 0.05) is 13.0 Å². The summed E-state index contributed by atoms with van der Waals surface area (Å²) >= 11 is 0. The van der Waals surface area contributed by atoms with Crippen LogP contribution in [-0.2, 0) is 9.59 Å². The van der Waals surface area contributed by atoms with Crippen molar-refractivity contribution in [3.63, 3.8) is 0 Å². The molecule has 1 rings (SSSR count). The summed E-state index contributed by atoms with van der Waals surface area (Å²) in [5.74, 6) is -0.629. The summed E-state index contributed by atoms with van der Waals surface area (Å²) < 4.78 is 0. The maximum absolute atomic E-state index is 11.7. The van der Waals surface area contributed by atoms with E-state index in [1.54, 1.807) is 0 Å². The predicted octanol–water partition coefficient (Wildman–Crippen LogP) is 0.799. The number of carbonyl (C=O) groups excluding carboxylic acids is 2. The van der Waals surface area contributed by atoms with E-state index < -0.39 is 12.0 Å². The highest BCUT2D eigenvalue weighted by Gasteiger charge is 2.21. The number of nitrogens with zero attached hydrogens (tertiary/aromatic N) is 1. The van der Waals surface area contributed by atoms with Crippen LogP contribution in [0.3, 0.4) is 0 Å². The fourth-order valence-corrected chi connectivity index (χ4v) is 2.41. The number of rotatable bonds is 7. The maximum atomic E-state index is 11.7. The van der Waals surface area contributed by atoms with Crippen molar-refractivity contribution in [2.45, 2.75) is 39.0 Å². The molecule has 0 saturated carbocycles. The van der Waals surface area contributed by atoms with Crippen LogP contribution in [0.4, 0.5) is 4.79 Å². The van der Waals surface area contributed by atoms with Crippen LogP contribution < -0.4 is 10.6 Å². The number of hydrogen-bond acceptors (Lipinski definition) is 4. The quantitative estimate of drug-likeness (QED) is 0.646. The number of hydrogen-bond donors (Lipinski definition) is 3. The smallest absolute Gasteiger partial charge is 0.321 e. The number of amides is 3. The normalized spacial score (nSPS) is 16.4. The van der Waals surface area contributed by atoms with Gasteiger partial charge in [-0.3, -0.25) is 19.8 Å². The standard InChI is InChI=1S/C14H25N3O4/c1-2-7-15-14(21)16-12(18)10-17-8-5-11(6-9-17)3-4-13(19)20/h11H,2-10H2,1H3,(H,19,20)(H2,15,16,18,21). The molecule has 1 aliphatic heterocycles. The fourth-order valence-electron chi connectivity index (χ4n) is 2.41. The van der Waals surface area contributed by atoms with Crippen LogP contribution in [0, 0.1) is 5.92 Å². The highest BCUT2D eigenvalue weighted by Crippen LogP contribution is 2.21. The minimum atomic E-state index is -0.755. The zero-order valence-corrected chi connectivity index (χ0v) is 12.6. The SMILES string of the molecule is CCCNC(=O)NC(=O)CN1CCC(CCC(=O)O)CC1. The molecule has 7 heteroatoms. The molecule has 1 saturated heterocycles. The van der Waals surface area contributed by atoms with E-state index >= 15 is 0 Å². The lowest BCUT2D eigenvalue weighted by molar-refractivity contribution is -0.137. The molecule has 0 aromatic heterocycles. The summed E-state index contributed by atoms with van der Waals surface area (Å²) in [6.45, 7) is 4.25. The third-order valence-electron chi connectivity index (χ3n) is 3.63. The summed E-state index contributed by atoms with van der Waals surface area (Å²) in [6, 6.07) is -0.446. The van der Waals surface area contributed by atoms with Crippen LogP contribution in [0.15, 0.2) is 0 Å². The number of piperidine rings is 1. The summed E-state index contributed by atoms with van der Waals surface area (Å²) in [7, 11) is 0. The lowest BCUT2D eigenvalue weighted by Crippen LogP contribution is -2.46. The Morgan fingerprint density at radius 1 is 1.24 bits per heavy atom. The number of likely N-dealkylation sites (tertiary alicyclic amines) is 1. The maximum Gasteiger partial charge on any atom is 0.321 e. The van der Waals surface area contributed by atoms with Crippen LogP contribution in [0.5, 0.6) is 0 Å². The van der Waals surface area contributed by atoms with Gasteiger partial charge in [-0.05, 0) is 44.7 Å². The van der Waals surface area contributed by atoms with Crippen molar-refractivity contribution in [3.05, 3.63) is 0 Å². The number of carboxylic acids is 1. The molecular formula is C14H25N3O4. The Morgan fingerprint density at radius 2 is 1.90 bits per heavy atom. The summed E-state index contributed by atoms with van der Waals surface area (Å²) in [4.78, 5) is 35.6. The second-order valence-electron chi connectivity index (χ2n) is 5.46. The molecule has 0 radical (unpaired) electrons. The van der Waals surface area contributed by atoms with Crippen LogP contribution in [0.2, 0.25) is 0 Å². The van der Waals surface area contributed by atoms with Crippen molar-refractivity contribution in [1.29, 1.82) is 0 Å². The monoisotopic (exact) mass is 299 g/mol. The minimum absolute atomic E-state index is 0.211. The second-order valence-corrected chi connectivity index (χ2v) is 5.46. The van der Waals surface area contributed by atoms with E-state index in [0.717, 1.165) is 32.4 Å². The topological polar surface area (TPSA) is 98.7 Å². The lowest BCUT2D eigenvalue weighted by Gasteiger charge is -2.31. The fraction of sp³-hybridized carbons (Fsp3) is 0.786. The molecule has 0 aliphatic carbocycles. The number of urea groups is 1. The molecule has 0 bridgehead atoms. The molecule has 0 spiro atoms. The number of carboxylic acid groups (broad SMARTS) is 1. The van der Waals surface area contributed by atoms with Crippen molar-refractivity contribution in [2.75, 3.05) is 26.2 Å². The van der Waals surface area contributed by atoms with Gasteiger partial charge in [0.25, 0.3) is 0 Å². The van der Waals surface area contributed by atoms with Gasteiger partial charge in [-0.1, -0.05) is 6.92 Å². The minimum Gasteiger partial charge on any atom is -0.481 e. The third kappa shape index (κ3) is 7.65. The molecule has 0 aromatic rings. The van der Waals surface area contributed by atoms with Crippen molar-refractivity contribution in [2.24, 2.45) is 5.92 Å². The Balaban J connectivity index is 2.18. The lowest BCUT2D eigenvalue weighted by atomic mass is 9.92. The Bertz CT molecular complexity index is 365. The number of carbonyl (C=O) groups is 3.